The normalized spacial score (nSPS) is 16.2. The van der Waals surface area contributed by atoms with E-state index in [0.29, 0.717) is 45.8 Å². The third-order valence-electron chi connectivity index (χ3n) is 4.39. The zero-order valence-electron chi connectivity index (χ0n) is 15.5. The Morgan fingerprint density at radius 2 is 1.82 bits per heavy atom. The Hall–Kier alpha value is -1.85. The predicted octanol–water partition coefficient (Wildman–Crippen LogP) is 1.25. The molecule has 2 rings (SSSR count). The number of hydrogen-bond donors (Lipinski definition) is 1. The van der Waals surface area contributed by atoms with Crippen molar-refractivity contribution in [2.45, 2.75) is 16.8 Å². The molecule has 28 heavy (non-hydrogen) atoms. The summed E-state index contributed by atoms with van der Waals surface area (Å²) in [6.07, 6.45) is 0.709. The minimum Gasteiger partial charge on any atom is -0.385 e. The monoisotopic (exact) mass is 423 g/mol. The molecule has 1 aliphatic rings. The molecule has 0 saturated carbocycles. The number of nitrogens with zero attached hydrogens (tertiary/aromatic N) is 2. The van der Waals surface area contributed by atoms with Gasteiger partial charge in [0.05, 0.1) is 17.1 Å². The van der Waals surface area contributed by atoms with E-state index in [9.17, 15) is 26.4 Å². The molecule has 11 heteroatoms. The van der Waals surface area contributed by atoms with Crippen molar-refractivity contribution in [2.75, 3.05) is 57.9 Å². The minimum absolute atomic E-state index is 0.0310. The molecule has 1 amide bonds. The molecule has 1 saturated heterocycles. The Morgan fingerprint density at radius 1 is 1.18 bits per heavy atom. The van der Waals surface area contributed by atoms with Crippen LogP contribution in [0.3, 0.4) is 0 Å². The van der Waals surface area contributed by atoms with E-state index in [1.165, 1.54) is 18.2 Å². The Balaban J connectivity index is 1.97. The van der Waals surface area contributed by atoms with Gasteiger partial charge < -0.3 is 15.0 Å². The lowest BCUT2D eigenvalue weighted by atomic mass is 10.2. The average Bonchev–Trinajstić information content (AvgIpc) is 2.65. The molecule has 0 unspecified atom stereocenters. The van der Waals surface area contributed by atoms with Crippen LogP contribution >= 0.6 is 0 Å². The van der Waals surface area contributed by atoms with Gasteiger partial charge in [-0.3, -0.25) is 9.69 Å². The number of ether oxygens (including phenoxy) is 1. The van der Waals surface area contributed by atoms with E-state index in [0.717, 1.165) is 6.07 Å². The number of rotatable bonds is 8. The quantitative estimate of drug-likeness (QED) is 0.635. The third kappa shape index (κ3) is 5.58. The molecular formula is C17H24F3N3O4S. The Kier molecular flexibility index (Phi) is 7.67. The number of amides is 1. The van der Waals surface area contributed by atoms with Crippen molar-refractivity contribution in [3.8, 4) is 0 Å². The fourth-order valence-electron chi connectivity index (χ4n) is 2.92. The molecule has 0 atom stereocenters. The van der Waals surface area contributed by atoms with Crippen LogP contribution in [0.4, 0.5) is 18.9 Å². The van der Waals surface area contributed by atoms with Crippen LogP contribution in [0.15, 0.2) is 29.2 Å². The van der Waals surface area contributed by atoms with Crippen LogP contribution < -0.4 is 10.2 Å². The van der Waals surface area contributed by atoms with E-state index in [4.69, 9.17) is 4.74 Å². The maximum atomic E-state index is 13.0. The van der Waals surface area contributed by atoms with Crippen molar-refractivity contribution in [2.24, 2.45) is 0 Å². The summed E-state index contributed by atoms with van der Waals surface area (Å²) in [7, 11) is -3.85. The highest BCUT2D eigenvalue weighted by molar-refractivity contribution is 7.92. The summed E-state index contributed by atoms with van der Waals surface area (Å²) in [4.78, 5) is 14.6. The number of sulfone groups is 1. The second kappa shape index (κ2) is 9.57. The SMILES string of the molecule is COCCCNC(=O)CN1CCN(c2ccccc2S(=O)(=O)C(F)(F)F)CC1. The van der Waals surface area contributed by atoms with Gasteiger partial charge in [-0.05, 0) is 18.6 Å². The van der Waals surface area contributed by atoms with E-state index >= 15 is 0 Å². The van der Waals surface area contributed by atoms with Gasteiger partial charge >= 0.3 is 5.51 Å². The molecular weight excluding hydrogens is 399 g/mol. The van der Waals surface area contributed by atoms with Crippen molar-refractivity contribution >= 4 is 21.4 Å². The lowest BCUT2D eigenvalue weighted by Gasteiger charge is -2.36. The molecule has 1 aromatic carbocycles. The zero-order valence-corrected chi connectivity index (χ0v) is 16.4. The number of anilines is 1. The van der Waals surface area contributed by atoms with Crippen molar-refractivity contribution in [3.05, 3.63) is 24.3 Å². The molecule has 0 aliphatic carbocycles. The van der Waals surface area contributed by atoms with E-state index in [-0.39, 0.29) is 18.1 Å². The molecule has 1 N–H and O–H groups in total. The van der Waals surface area contributed by atoms with Crippen molar-refractivity contribution in [3.63, 3.8) is 0 Å². The first kappa shape index (κ1) is 22.4. The second-order valence-corrected chi connectivity index (χ2v) is 8.29. The molecule has 0 bridgehead atoms. The molecule has 1 aliphatic heterocycles. The van der Waals surface area contributed by atoms with Gasteiger partial charge in [0.1, 0.15) is 0 Å². The van der Waals surface area contributed by atoms with Crippen molar-refractivity contribution in [1.82, 2.24) is 10.2 Å². The van der Waals surface area contributed by atoms with E-state index in [2.05, 4.69) is 5.32 Å². The molecule has 0 spiro atoms. The van der Waals surface area contributed by atoms with Crippen LogP contribution in [0.2, 0.25) is 0 Å². The summed E-state index contributed by atoms with van der Waals surface area (Å²) in [6.45, 7) is 2.76. The van der Waals surface area contributed by atoms with Crippen LogP contribution in [-0.4, -0.2) is 77.7 Å². The minimum atomic E-state index is -5.43. The molecule has 1 aromatic rings. The summed E-state index contributed by atoms with van der Waals surface area (Å²) in [5.41, 5.74) is -5.32. The summed E-state index contributed by atoms with van der Waals surface area (Å²) in [5, 5.41) is 2.77. The van der Waals surface area contributed by atoms with Crippen LogP contribution in [0.5, 0.6) is 0 Å². The first-order chi connectivity index (χ1) is 13.2. The Morgan fingerprint density at radius 3 is 2.43 bits per heavy atom. The van der Waals surface area contributed by atoms with Gasteiger partial charge in [0.25, 0.3) is 9.84 Å². The average molecular weight is 423 g/mol. The number of para-hydroxylation sites is 1. The smallest absolute Gasteiger partial charge is 0.385 e. The first-order valence-electron chi connectivity index (χ1n) is 8.80. The van der Waals surface area contributed by atoms with Crippen molar-refractivity contribution < 1.29 is 31.1 Å². The van der Waals surface area contributed by atoms with Gasteiger partial charge in [-0.25, -0.2) is 8.42 Å². The maximum absolute atomic E-state index is 13.0. The maximum Gasteiger partial charge on any atom is 0.501 e. The number of piperazine rings is 1. The topological polar surface area (TPSA) is 79.0 Å². The van der Waals surface area contributed by atoms with Crippen LogP contribution in [-0.2, 0) is 19.4 Å². The number of alkyl halides is 3. The fraction of sp³-hybridized carbons (Fsp3) is 0.588. The molecule has 158 valence electrons. The first-order valence-corrected chi connectivity index (χ1v) is 10.3. The van der Waals surface area contributed by atoms with Gasteiger partial charge in [0, 0.05) is 46.4 Å². The second-order valence-electron chi connectivity index (χ2n) is 6.38. The van der Waals surface area contributed by atoms with E-state index < -0.39 is 20.2 Å². The van der Waals surface area contributed by atoms with Crippen LogP contribution in [0.1, 0.15) is 6.42 Å². The summed E-state index contributed by atoms with van der Waals surface area (Å²) < 4.78 is 67.5. The van der Waals surface area contributed by atoms with Crippen LogP contribution in [0, 0.1) is 0 Å². The number of hydrogen-bond acceptors (Lipinski definition) is 6. The van der Waals surface area contributed by atoms with E-state index in [1.807, 2.05) is 4.90 Å². The number of carbonyl (C=O) groups is 1. The van der Waals surface area contributed by atoms with Crippen LogP contribution in [0.25, 0.3) is 0 Å². The Labute approximate surface area is 162 Å². The van der Waals surface area contributed by atoms with Gasteiger partial charge in [0.2, 0.25) is 5.91 Å². The number of carbonyl (C=O) groups excluding carboxylic acids is 1. The highest BCUT2D eigenvalue weighted by atomic mass is 32.2. The standard InChI is InChI=1S/C17H24F3N3O4S/c1-27-12-4-7-21-16(24)13-22-8-10-23(11-9-22)14-5-2-3-6-15(14)28(25,26)17(18,19)20/h2-3,5-6H,4,7-13H2,1H3,(H,21,24). The summed E-state index contributed by atoms with van der Waals surface area (Å²) in [6, 6.07) is 5.12. The Bertz CT molecular complexity index is 763. The summed E-state index contributed by atoms with van der Waals surface area (Å²) in [5.74, 6) is -0.135. The van der Waals surface area contributed by atoms with Gasteiger partial charge in [0.15, 0.2) is 0 Å². The number of halogens is 3. The molecule has 1 fully saturated rings. The van der Waals surface area contributed by atoms with Gasteiger partial charge in [-0.1, -0.05) is 12.1 Å². The lowest BCUT2D eigenvalue weighted by Crippen LogP contribution is -2.50. The van der Waals surface area contributed by atoms with Crippen molar-refractivity contribution in [1.29, 1.82) is 0 Å². The number of methoxy groups -OCH3 is 1. The fourth-order valence-corrected chi connectivity index (χ4v) is 3.90. The highest BCUT2D eigenvalue weighted by Crippen LogP contribution is 2.36. The largest absolute Gasteiger partial charge is 0.501 e. The highest BCUT2D eigenvalue weighted by Gasteiger charge is 2.48. The zero-order chi connectivity index (χ0) is 20.8. The number of benzene rings is 1. The lowest BCUT2D eigenvalue weighted by molar-refractivity contribution is -0.122. The molecule has 7 nitrogen and oxygen atoms in total. The molecule has 0 radical (unpaired) electrons. The molecule has 0 aromatic heterocycles. The summed E-state index contributed by atoms with van der Waals surface area (Å²) >= 11 is 0. The number of nitrogens with one attached hydrogen (secondary N) is 1. The van der Waals surface area contributed by atoms with Gasteiger partial charge in [-0.15, -0.1) is 0 Å². The van der Waals surface area contributed by atoms with E-state index in [1.54, 1.807) is 12.0 Å². The predicted molar refractivity (Wildman–Crippen MR) is 97.8 cm³/mol. The van der Waals surface area contributed by atoms with Gasteiger partial charge in [-0.2, -0.15) is 13.2 Å². The molecule has 1 heterocycles. The third-order valence-corrected chi connectivity index (χ3v) is 5.92.